The van der Waals surface area contributed by atoms with Crippen LogP contribution >= 0.6 is 0 Å². The lowest BCUT2D eigenvalue weighted by atomic mass is 9.87. The van der Waals surface area contributed by atoms with Gasteiger partial charge in [-0.25, -0.2) is 4.98 Å². The van der Waals surface area contributed by atoms with Crippen LogP contribution in [-0.4, -0.2) is 18.0 Å². The van der Waals surface area contributed by atoms with Crippen molar-refractivity contribution in [1.82, 2.24) is 4.98 Å². The number of ether oxygens (including phenoxy) is 1. The predicted molar refractivity (Wildman–Crippen MR) is 119 cm³/mol. The number of carbonyl (C=O) groups excluding carboxylic acids is 1. The van der Waals surface area contributed by atoms with E-state index in [1.807, 2.05) is 60.7 Å². The lowest BCUT2D eigenvalue weighted by molar-refractivity contribution is 0.102. The summed E-state index contributed by atoms with van der Waals surface area (Å²) in [6, 6.07) is 20.7. The fourth-order valence-corrected chi connectivity index (χ4v) is 3.21. The van der Waals surface area contributed by atoms with Crippen molar-refractivity contribution in [2.45, 2.75) is 26.2 Å². The van der Waals surface area contributed by atoms with Crippen molar-refractivity contribution in [3.8, 4) is 17.2 Å². The second-order valence-electron chi connectivity index (χ2n) is 8.21. The van der Waals surface area contributed by atoms with Crippen LogP contribution in [0.3, 0.4) is 0 Å². The highest BCUT2D eigenvalue weighted by molar-refractivity contribution is 6.05. The number of rotatable bonds is 4. The molecule has 3 aromatic carbocycles. The van der Waals surface area contributed by atoms with Gasteiger partial charge in [0.05, 0.1) is 7.11 Å². The molecule has 5 nitrogen and oxygen atoms in total. The molecule has 0 atom stereocenters. The van der Waals surface area contributed by atoms with Crippen LogP contribution in [-0.2, 0) is 5.41 Å². The van der Waals surface area contributed by atoms with Crippen LogP contribution in [0.25, 0.3) is 22.6 Å². The molecular formula is C25H24N2O3. The number of amides is 1. The van der Waals surface area contributed by atoms with E-state index in [4.69, 9.17) is 9.15 Å². The molecule has 1 aromatic heterocycles. The zero-order valence-corrected chi connectivity index (χ0v) is 17.5. The summed E-state index contributed by atoms with van der Waals surface area (Å²) in [4.78, 5) is 17.2. The zero-order valence-electron chi connectivity index (χ0n) is 17.5. The summed E-state index contributed by atoms with van der Waals surface area (Å²) in [5.41, 5.74) is 4.65. The number of nitrogens with one attached hydrogen (secondary N) is 1. The highest BCUT2D eigenvalue weighted by atomic mass is 16.5. The number of oxazole rings is 1. The Balaban J connectivity index is 1.55. The largest absolute Gasteiger partial charge is 0.497 e. The molecule has 1 N–H and O–H groups in total. The average Bonchev–Trinajstić information content (AvgIpc) is 3.17. The van der Waals surface area contributed by atoms with Gasteiger partial charge in [-0.3, -0.25) is 4.79 Å². The van der Waals surface area contributed by atoms with E-state index in [1.165, 1.54) is 5.56 Å². The quantitative estimate of drug-likeness (QED) is 0.453. The SMILES string of the molecule is COc1cccc(-c2nc3ccc(NC(=O)c4ccc(C(C)(C)C)cc4)cc3o2)c1. The van der Waals surface area contributed by atoms with Gasteiger partial charge in [-0.15, -0.1) is 0 Å². The van der Waals surface area contributed by atoms with E-state index in [-0.39, 0.29) is 11.3 Å². The van der Waals surface area contributed by atoms with Gasteiger partial charge in [-0.05, 0) is 53.4 Å². The summed E-state index contributed by atoms with van der Waals surface area (Å²) in [5.74, 6) is 1.08. The van der Waals surface area contributed by atoms with Crippen molar-refractivity contribution >= 4 is 22.7 Å². The molecule has 0 aliphatic rings. The number of hydrogen-bond acceptors (Lipinski definition) is 4. The van der Waals surface area contributed by atoms with Crippen LogP contribution in [0.2, 0.25) is 0 Å². The Morgan fingerprint density at radius 1 is 1.00 bits per heavy atom. The van der Waals surface area contributed by atoms with Gasteiger partial charge in [-0.2, -0.15) is 0 Å². The summed E-state index contributed by atoms with van der Waals surface area (Å²) in [7, 11) is 1.62. The zero-order chi connectivity index (χ0) is 21.3. The molecule has 1 heterocycles. The highest BCUT2D eigenvalue weighted by Gasteiger charge is 2.15. The molecule has 5 heteroatoms. The molecule has 0 saturated carbocycles. The Kier molecular flexibility index (Phi) is 5.04. The van der Waals surface area contributed by atoms with Crippen LogP contribution in [0.4, 0.5) is 5.69 Å². The van der Waals surface area contributed by atoms with Gasteiger partial charge in [0.25, 0.3) is 5.91 Å². The third-order valence-corrected chi connectivity index (χ3v) is 4.98. The first-order valence-corrected chi connectivity index (χ1v) is 9.80. The Morgan fingerprint density at radius 2 is 1.77 bits per heavy atom. The predicted octanol–water partition coefficient (Wildman–Crippen LogP) is 6.05. The van der Waals surface area contributed by atoms with Gasteiger partial charge in [0.1, 0.15) is 11.3 Å². The molecule has 1 amide bonds. The summed E-state index contributed by atoms with van der Waals surface area (Å²) in [6.07, 6.45) is 0. The lowest BCUT2D eigenvalue weighted by Gasteiger charge is -2.19. The van der Waals surface area contributed by atoms with Crippen LogP contribution in [0, 0.1) is 0 Å². The number of anilines is 1. The van der Waals surface area contributed by atoms with Crippen molar-refractivity contribution in [2.75, 3.05) is 12.4 Å². The molecule has 0 bridgehead atoms. The van der Waals surface area contributed by atoms with Crippen molar-refractivity contribution in [3.05, 3.63) is 77.9 Å². The van der Waals surface area contributed by atoms with Crippen molar-refractivity contribution < 1.29 is 13.9 Å². The van der Waals surface area contributed by atoms with Crippen molar-refractivity contribution in [2.24, 2.45) is 0 Å². The molecule has 0 radical (unpaired) electrons. The third kappa shape index (κ3) is 4.06. The Bertz CT molecular complexity index is 1200. The highest BCUT2D eigenvalue weighted by Crippen LogP contribution is 2.28. The topological polar surface area (TPSA) is 64.4 Å². The molecule has 0 aliphatic carbocycles. The van der Waals surface area contributed by atoms with Gasteiger partial charge < -0.3 is 14.5 Å². The second-order valence-corrected chi connectivity index (χ2v) is 8.21. The minimum absolute atomic E-state index is 0.0484. The molecule has 0 saturated heterocycles. The van der Waals surface area contributed by atoms with E-state index in [2.05, 4.69) is 31.1 Å². The molecular weight excluding hydrogens is 376 g/mol. The monoisotopic (exact) mass is 400 g/mol. The van der Waals surface area contributed by atoms with Gasteiger partial charge in [0.2, 0.25) is 5.89 Å². The Morgan fingerprint density at radius 3 is 2.47 bits per heavy atom. The summed E-state index contributed by atoms with van der Waals surface area (Å²) in [5, 5.41) is 2.93. The third-order valence-electron chi connectivity index (χ3n) is 4.98. The molecule has 152 valence electrons. The maximum atomic E-state index is 12.6. The van der Waals surface area contributed by atoms with Crippen LogP contribution < -0.4 is 10.1 Å². The van der Waals surface area contributed by atoms with E-state index in [9.17, 15) is 4.79 Å². The molecule has 0 fully saturated rings. The normalized spacial score (nSPS) is 11.5. The van der Waals surface area contributed by atoms with Crippen LogP contribution in [0.1, 0.15) is 36.7 Å². The van der Waals surface area contributed by atoms with E-state index in [1.54, 1.807) is 13.2 Å². The minimum atomic E-state index is -0.164. The van der Waals surface area contributed by atoms with Gasteiger partial charge >= 0.3 is 0 Å². The van der Waals surface area contributed by atoms with E-state index in [0.717, 1.165) is 16.8 Å². The Hall–Kier alpha value is -3.60. The van der Waals surface area contributed by atoms with Gasteiger partial charge in [-0.1, -0.05) is 39.0 Å². The molecule has 0 spiro atoms. The van der Waals surface area contributed by atoms with Gasteiger partial charge in [0.15, 0.2) is 5.58 Å². The first kappa shape index (κ1) is 19.7. The minimum Gasteiger partial charge on any atom is -0.497 e. The maximum absolute atomic E-state index is 12.6. The molecule has 30 heavy (non-hydrogen) atoms. The fraction of sp³-hybridized carbons (Fsp3) is 0.200. The standard InChI is InChI=1S/C25H24N2O3/c1-25(2,3)18-10-8-16(9-11-18)23(28)26-19-12-13-21-22(15-19)30-24(27-21)17-6-5-7-20(14-17)29-4/h5-15H,1-4H3,(H,26,28). The fourth-order valence-electron chi connectivity index (χ4n) is 3.21. The molecule has 0 unspecified atom stereocenters. The Labute approximate surface area is 175 Å². The van der Waals surface area contributed by atoms with Crippen molar-refractivity contribution in [1.29, 1.82) is 0 Å². The number of hydrogen-bond donors (Lipinski definition) is 1. The summed E-state index contributed by atoms with van der Waals surface area (Å²) < 4.78 is 11.2. The average molecular weight is 400 g/mol. The number of aromatic nitrogens is 1. The summed E-state index contributed by atoms with van der Waals surface area (Å²) in [6.45, 7) is 6.44. The maximum Gasteiger partial charge on any atom is 0.255 e. The lowest BCUT2D eigenvalue weighted by Crippen LogP contribution is -2.14. The second kappa shape index (κ2) is 7.67. The molecule has 4 aromatic rings. The number of carbonyl (C=O) groups is 1. The first-order valence-electron chi connectivity index (χ1n) is 9.80. The summed E-state index contributed by atoms with van der Waals surface area (Å²) >= 11 is 0. The number of nitrogens with zero attached hydrogens (tertiary/aromatic N) is 1. The molecule has 0 aliphatic heterocycles. The molecule has 4 rings (SSSR count). The van der Waals surface area contributed by atoms with Crippen LogP contribution in [0.5, 0.6) is 5.75 Å². The number of benzene rings is 3. The van der Waals surface area contributed by atoms with E-state index in [0.29, 0.717) is 22.7 Å². The number of fused-ring (bicyclic) bond motifs is 1. The van der Waals surface area contributed by atoms with Crippen molar-refractivity contribution in [3.63, 3.8) is 0 Å². The smallest absolute Gasteiger partial charge is 0.255 e. The first-order chi connectivity index (χ1) is 14.3. The number of methoxy groups -OCH3 is 1. The van der Waals surface area contributed by atoms with E-state index < -0.39 is 0 Å². The van der Waals surface area contributed by atoms with Crippen LogP contribution in [0.15, 0.2) is 71.1 Å². The van der Waals surface area contributed by atoms with Gasteiger partial charge in [0, 0.05) is 22.9 Å². The van der Waals surface area contributed by atoms with E-state index >= 15 is 0 Å².